The van der Waals surface area contributed by atoms with Crippen LogP contribution in [0.3, 0.4) is 0 Å². The van der Waals surface area contributed by atoms with E-state index in [9.17, 15) is 18.0 Å². The number of amides is 1. The first-order valence-electron chi connectivity index (χ1n) is 9.31. The molecular formula is C18H23F3N6O4S. The largest absolute Gasteiger partial charge is 0.495 e. The van der Waals surface area contributed by atoms with Gasteiger partial charge in [-0.25, -0.2) is 9.89 Å². The molecule has 1 atom stereocenters. The molecule has 32 heavy (non-hydrogen) atoms. The van der Waals surface area contributed by atoms with Gasteiger partial charge in [-0.15, -0.1) is 5.10 Å². The minimum atomic E-state index is -5.08. The van der Waals surface area contributed by atoms with Crippen LogP contribution in [-0.2, 0) is 9.59 Å². The number of nitrogen functional groups attached to an aromatic ring is 1. The lowest BCUT2D eigenvalue weighted by Crippen LogP contribution is -2.54. The highest BCUT2D eigenvalue weighted by Gasteiger charge is 2.38. The Bertz CT molecular complexity index is 926. The van der Waals surface area contributed by atoms with Gasteiger partial charge in [0, 0.05) is 25.7 Å². The molecule has 176 valence electrons. The van der Waals surface area contributed by atoms with E-state index in [0.29, 0.717) is 17.5 Å². The van der Waals surface area contributed by atoms with Crippen LogP contribution < -0.4 is 15.4 Å². The quantitative estimate of drug-likeness (QED) is 0.552. The van der Waals surface area contributed by atoms with Gasteiger partial charge in [-0.3, -0.25) is 4.79 Å². The first kappa shape index (κ1) is 25.1. The Labute approximate surface area is 185 Å². The molecule has 1 aromatic carbocycles. The highest BCUT2D eigenvalue weighted by molar-refractivity contribution is 7.99. The van der Waals surface area contributed by atoms with Crippen LogP contribution in [0.25, 0.3) is 0 Å². The number of aromatic nitrogens is 3. The van der Waals surface area contributed by atoms with Crippen LogP contribution in [0.1, 0.15) is 6.92 Å². The van der Waals surface area contributed by atoms with E-state index in [0.717, 1.165) is 24.5 Å². The number of aliphatic carboxylic acids is 1. The topological polar surface area (TPSA) is 138 Å². The van der Waals surface area contributed by atoms with Crippen LogP contribution in [0.5, 0.6) is 5.75 Å². The maximum atomic E-state index is 12.5. The second-order valence-electron chi connectivity index (χ2n) is 6.65. The number of anilines is 2. The van der Waals surface area contributed by atoms with Crippen molar-refractivity contribution >= 4 is 35.3 Å². The monoisotopic (exact) mass is 476 g/mol. The number of carboxylic acids is 1. The average molecular weight is 476 g/mol. The zero-order valence-electron chi connectivity index (χ0n) is 17.3. The minimum absolute atomic E-state index is 0.0838. The molecule has 1 saturated heterocycles. The number of rotatable bonds is 5. The van der Waals surface area contributed by atoms with E-state index >= 15 is 0 Å². The molecule has 4 N–H and O–H groups in total. The van der Waals surface area contributed by atoms with Gasteiger partial charge in [0.25, 0.3) is 0 Å². The second kappa shape index (κ2) is 10.9. The van der Waals surface area contributed by atoms with Crippen molar-refractivity contribution in [2.24, 2.45) is 0 Å². The fourth-order valence-corrected chi connectivity index (χ4v) is 3.66. The molecule has 3 rings (SSSR count). The average Bonchev–Trinajstić information content (AvgIpc) is 3.16. The Morgan fingerprint density at radius 3 is 2.53 bits per heavy atom. The highest BCUT2D eigenvalue weighted by Crippen LogP contribution is 2.29. The molecule has 0 aliphatic carbocycles. The third-order valence-electron chi connectivity index (χ3n) is 4.42. The summed E-state index contributed by atoms with van der Waals surface area (Å²) in [5.41, 5.74) is 6.55. The summed E-state index contributed by atoms with van der Waals surface area (Å²) in [6.07, 6.45) is -5.08. The molecule has 1 aliphatic rings. The van der Waals surface area contributed by atoms with Gasteiger partial charge in [0.2, 0.25) is 17.0 Å². The first-order valence-corrected chi connectivity index (χ1v) is 10.3. The maximum Gasteiger partial charge on any atom is 0.490 e. The normalized spacial score (nSPS) is 16.2. The molecule has 0 spiro atoms. The number of carbonyl (C=O) groups is 2. The van der Waals surface area contributed by atoms with Gasteiger partial charge < -0.3 is 25.4 Å². The molecule has 1 aromatic heterocycles. The SMILES string of the molecule is COc1ccccc1N1CCN(C(=O)CSc2n[nH]c(N)n2)C(C)C1.O=C(O)C(F)(F)F. The minimum Gasteiger partial charge on any atom is -0.495 e. The zero-order chi connectivity index (χ0) is 23.9. The van der Waals surface area contributed by atoms with E-state index in [1.54, 1.807) is 7.11 Å². The molecule has 14 heteroatoms. The number of halogens is 3. The summed E-state index contributed by atoms with van der Waals surface area (Å²) >= 11 is 1.29. The highest BCUT2D eigenvalue weighted by atomic mass is 32.2. The summed E-state index contributed by atoms with van der Waals surface area (Å²) in [6, 6.07) is 8.07. The number of H-pyrrole nitrogens is 1. The number of aromatic amines is 1. The summed E-state index contributed by atoms with van der Waals surface area (Å²) < 4.78 is 37.2. The van der Waals surface area contributed by atoms with E-state index in [-0.39, 0.29) is 17.9 Å². The van der Waals surface area contributed by atoms with Gasteiger partial charge in [-0.1, -0.05) is 23.9 Å². The van der Waals surface area contributed by atoms with Crippen molar-refractivity contribution in [3.63, 3.8) is 0 Å². The summed E-state index contributed by atoms with van der Waals surface area (Å²) in [5, 5.41) is 14.1. The summed E-state index contributed by atoms with van der Waals surface area (Å²) in [6.45, 7) is 4.28. The number of carbonyl (C=O) groups excluding carboxylic acids is 1. The molecule has 0 bridgehead atoms. The number of nitrogens with one attached hydrogen (secondary N) is 1. The van der Waals surface area contributed by atoms with Crippen molar-refractivity contribution in [1.82, 2.24) is 20.1 Å². The number of piperazine rings is 1. The van der Waals surface area contributed by atoms with E-state index in [1.807, 2.05) is 29.2 Å². The van der Waals surface area contributed by atoms with E-state index in [2.05, 4.69) is 27.0 Å². The van der Waals surface area contributed by atoms with Crippen molar-refractivity contribution in [2.45, 2.75) is 24.3 Å². The molecule has 1 amide bonds. The zero-order valence-corrected chi connectivity index (χ0v) is 18.1. The van der Waals surface area contributed by atoms with Crippen LogP contribution in [0.15, 0.2) is 29.4 Å². The van der Waals surface area contributed by atoms with Crippen molar-refractivity contribution in [3.05, 3.63) is 24.3 Å². The third kappa shape index (κ3) is 6.93. The number of hydrogen-bond donors (Lipinski definition) is 3. The van der Waals surface area contributed by atoms with Crippen LogP contribution in [0.4, 0.5) is 24.8 Å². The number of hydrogen-bond acceptors (Lipinski definition) is 8. The second-order valence-corrected chi connectivity index (χ2v) is 7.59. The molecule has 1 aliphatic heterocycles. The number of nitrogens with two attached hydrogens (primary N) is 1. The number of benzene rings is 1. The number of thioether (sulfide) groups is 1. The van der Waals surface area contributed by atoms with Crippen LogP contribution in [0, 0.1) is 0 Å². The molecule has 0 saturated carbocycles. The fraction of sp³-hybridized carbons (Fsp3) is 0.444. The molecule has 10 nitrogen and oxygen atoms in total. The van der Waals surface area contributed by atoms with E-state index in [1.165, 1.54) is 11.8 Å². The van der Waals surface area contributed by atoms with Crippen LogP contribution in [0.2, 0.25) is 0 Å². The molecule has 2 aromatic rings. The Hall–Kier alpha value is -3.16. The van der Waals surface area contributed by atoms with Crippen LogP contribution >= 0.6 is 11.8 Å². The molecule has 0 radical (unpaired) electrons. The number of methoxy groups -OCH3 is 1. The predicted octanol–water partition coefficient (Wildman–Crippen LogP) is 1.86. The van der Waals surface area contributed by atoms with E-state index in [4.69, 9.17) is 20.4 Å². The van der Waals surface area contributed by atoms with E-state index < -0.39 is 12.1 Å². The number of para-hydroxylation sites is 2. The molecular weight excluding hydrogens is 453 g/mol. The number of carboxylic acid groups (broad SMARTS) is 1. The lowest BCUT2D eigenvalue weighted by atomic mass is 10.1. The van der Waals surface area contributed by atoms with Gasteiger partial charge in [0.15, 0.2) is 0 Å². The van der Waals surface area contributed by atoms with Crippen LogP contribution in [-0.4, -0.2) is 81.8 Å². The Morgan fingerprint density at radius 2 is 2.00 bits per heavy atom. The lowest BCUT2D eigenvalue weighted by Gasteiger charge is -2.41. The fourth-order valence-electron chi connectivity index (χ4n) is 2.97. The molecule has 1 unspecified atom stereocenters. The maximum absolute atomic E-state index is 12.5. The number of alkyl halides is 3. The number of ether oxygens (including phenoxy) is 1. The van der Waals surface area contributed by atoms with Crippen molar-refractivity contribution in [1.29, 1.82) is 0 Å². The van der Waals surface area contributed by atoms with Crippen molar-refractivity contribution in [3.8, 4) is 5.75 Å². The van der Waals surface area contributed by atoms with Gasteiger partial charge in [-0.05, 0) is 19.1 Å². The lowest BCUT2D eigenvalue weighted by molar-refractivity contribution is -0.192. The summed E-state index contributed by atoms with van der Waals surface area (Å²) in [7, 11) is 1.68. The standard InChI is InChI=1S/C16H22N6O2S.C2HF3O2/c1-11-9-21(12-5-3-4-6-13(12)24-2)7-8-22(11)14(23)10-25-16-18-15(17)19-20-16;3-2(4,5)1(6)7/h3-6,11H,7-10H2,1-2H3,(H3,17,18,19,20);(H,6,7). The Kier molecular flexibility index (Phi) is 8.57. The van der Waals surface area contributed by atoms with Gasteiger partial charge in [0.05, 0.1) is 18.6 Å². The third-order valence-corrected chi connectivity index (χ3v) is 5.26. The summed E-state index contributed by atoms with van der Waals surface area (Å²) in [5.74, 6) is -1.26. The smallest absolute Gasteiger partial charge is 0.490 e. The molecule has 1 fully saturated rings. The molecule has 2 heterocycles. The predicted molar refractivity (Wildman–Crippen MR) is 112 cm³/mol. The van der Waals surface area contributed by atoms with Gasteiger partial charge in [0.1, 0.15) is 5.75 Å². The van der Waals surface area contributed by atoms with Gasteiger partial charge >= 0.3 is 12.1 Å². The Balaban J connectivity index is 0.000000451. The first-order chi connectivity index (χ1) is 15.0. The summed E-state index contributed by atoms with van der Waals surface area (Å²) in [4.78, 5) is 29.6. The number of nitrogens with zero attached hydrogens (tertiary/aromatic N) is 4. The van der Waals surface area contributed by atoms with Crippen molar-refractivity contribution in [2.75, 3.05) is 43.1 Å². The Morgan fingerprint density at radius 1 is 1.34 bits per heavy atom. The van der Waals surface area contributed by atoms with Gasteiger partial charge in [-0.2, -0.15) is 18.2 Å². The van der Waals surface area contributed by atoms with Crippen molar-refractivity contribution < 1.29 is 32.6 Å².